The summed E-state index contributed by atoms with van der Waals surface area (Å²) in [5, 5.41) is 3.64. The van der Waals surface area contributed by atoms with Gasteiger partial charge in [0, 0.05) is 17.5 Å². The molecule has 1 saturated heterocycles. The van der Waals surface area contributed by atoms with Crippen molar-refractivity contribution >= 4 is 17.4 Å². The van der Waals surface area contributed by atoms with Crippen LogP contribution in [-0.2, 0) is 0 Å². The normalized spacial score (nSPS) is 20.0. The van der Waals surface area contributed by atoms with Crippen molar-refractivity contribution in [1.82, 2.24) is 0 Å². The molecule has 1 aliphatic heterocycles. The van der Waals surface area contributed by atoms with Crippen LogP contribution in [0.15, 0.2) is 18.2 Å². The van der Waals surface area contributed by atoms with Crippen LogP contribution in [-0.4, -0.2) is 24.2 Å². The summed E-state index contributed by atoms with van der Waals surface area (Å²) in [6, 6.07) is 6.93. The Hall–Kier alpha value is -0.830. The summed E-state index contributed by atoms with van der Waals surface area (Å²) in [7, 11) is 0. The van der Waals surface area contributed by atoms with Gasteiger partial charge < -0.3 is 10.1 Å². The van der Waals surface area contributed by atoms with E-state index in [0.717, 1.165) is 12.4 Å². The molecule has 0 aromatic heterocycles. The van der Waals surface area contributed by atoms with Crippen molar-refractivity contribution in [3.05, 3.63) is 23.8 Å². The molecule has 0 amide bonds. The Kier molecular flexibility index (Phi) is 4.60. The van der Waals surface area contributed by atoms with Gasteiger partial charge >= 0.3 is 0 Å². The Balaban J connectivity index is 2.00. The molecule has 1 heterocycles. The van der Waals surface area contributed by atoms with E-state index >= 15 is 0 Å². The molecule has 17 heavy (non-hydrogen) atoms. The molecule has 2 nitrogen and oxygen atoms in total. The van der Waals surface area contributed by atoms with Crippen LogP contribution in [0, 0.1) is 6.92 Å². The maximum atomic E-state index is 5.50. The molecule has 94 valence electrons. The van der Waals surface area contributed by atoms with Gasteiger partial charge in [-0.25, -0.2) is 0 Å². The van der Waals surface area contributed by atoms with Crippen LogP contribution in [0.4, 0.5) is 5.69 Å². The third kappa shape index (κ3) is 3.56. The molecule has 3 heteroatoms. The van der Waals surface area contributed by atoms with Gasteiger partial charge in [0.2, 0.25) is 0 Å². The summed E-state index contributed by atoms with van der Waals surface area (Å²) >= 11 is 2.05. The van der Waals surface area contributed by atoms with Crippen molar-refractivity contribution in [2.45, 2.75) is 32.7 Å². The Morgan fingerprint density at radius 3 is 3.00 bits per heavy atom. The van der Waals surface area contributed by atoms with Crippen LogP contribution in [0.5, 0.6) is 5.75 Å². The van der Waals surface area contributed by atoms with Crippen molar-refractivity contribution in [3.63, 3.8) is 0 Å². The SMILES string of the molecule is CCOc1ccc(NC2CCCSC2)c(C)c1. The van der Waals surface area contributed by atoms with E-state index in [1.807, 2.05) is 6.92 Å². The number of ether oxygens (including phenoxy) is 1. The number of nitrogens with one attached hydrogen (secondary N) is 1. The highest BCUT2D eigenvalue weighted by atomic mass is 32.2. The standard InChI is InChI=1S/C14H21NOS/c1-3-16-13-6-7-14(11(2)9-13)15-12-5-4-8-17-10-12/h6-7,9,12,15H,3-5,8,10H2,1-2H3. The van der Waals surface area contributed by atoms with Gasteiger partial charge in [-0.05, 0) is 56.2 Å². The molecule has 1 aromatic rings. The topological polar surface area (TPSA) is 21.3 Å². The van der Waals surface area contributed by atoms with Crippen LogP contribution in [0.25, 0.3) is 0 Å². The lowest BCUT2D eigenvalue weighted by Gasteiger charge is -2.24. The van der Waals surface area contributed by atoms with Gasteiger partial charge in [0.1, 0.15) is 5.75 Å². The van der Waals surface area contributed by atoms with Crippen molar-refractivity contribution in [2.75, 3.05) is 23.4 Å². The number of anilines is 1. The highest BCUT2D eigenvalue weighted by Gasteiger charge is 2.14. The summed E-state index contributed by atoms with van der Waals surface area (Å²) in [5.74, 6) is 3.51. The molecule has 0 saturated carbocycles. The van der Waals surface area contributed by atoms with Gasteiger partial charge in [-0.1, -0.05) is 0 Å². The van der Waals surface area contributed by atoms with Crippen molar-refractivity contribution in [3.8, 4) is 5.75 Å². The minimum atomic E-state index is 0.630. The Morgan fingerprint density at radius 2 is 2.35 bits per heavy atom. The van der Waals surface area contributed by atoms with Gasteiger partial charge in [-0.2, -0.15) is 11.8 Å². The van der Waals surface area contributed by atoms with E-state index in [1.165, 1.54) is 35.6 Å². The summed E-state index contributed by atoms with van der Waals surface area (Å²) < 4.78 is 5.50. The molecule has 0 bridgehead atoms. The van der Waals surface area contributed by atoms with Crippen LogP contribution in [0.2, 0.25) is 0 Å². The molecular weight excluding hydrogens is 230 g/mol. The lowest BCUT2D eigenvalue weighted by molar-refractivity contribution is 0.340. The first-order chi connectivity index (χ1) is 8.29. The van der Waals surface area contributed by atoms with E-state index in [1.54, 1.807) is 0 Å². The van der Waals surface area contributed by atoms with Gasteiger partial charge in [-0.15, -0.1) is 0 Å². The Morgan fingerprint density at radius 1 is 1.47 bits per heavy atom. The summed E-state index contributed by atoms with van der Waals surface area (Å²) in [5.41, 5.74) is 2.52. The smallest absolute Gasteiger partial charge is 0.119 e. The average Bonchev–Trinajstić information content (AvgIpc) is 2.34. The van der Waals surface area contributed by atoms with Crippen LogP contribution in [0.3, 0.4) is 0 Å². The summed E-state index contributed by atoms with van der Waals surface area (Å²) in [6.07, 6.45) is 2.62. The monoisotopic (exact) mass is 251 g/mol. The quantitative estimate of drug-likeness (QED) is 0.881. The van der Waals surface area contributed by atoms with Gasteiger partial charge in [0.15, 0.2) is 0 Å². The predicted octanol–water partition coefficient (Wildman–Crippen LogP) is 3.70. The second kappa shape index (κ2) is 6.20. The lowest BCUT2D eigenvalue weighted by Crippen LogP contribution is -2.26. The molecule has 1 N–H and O–H groups in total. The fourth-order valence-electron chi connectivity index (χ4n) is 2.13. The number of benzene rings is 1. The molecule has 2 rings (SSSR count). The molecular formula is C14H21NOS. The van der Waals surface area contributed by atoms with Crippen LogP contribution < -0.4 is 10.1 Å². The second-order valence-corrected chi connectivity index (χ2v) is 5.62. The molecule has 0 spiro atoms. The number of aryl methyl sites for hydroxylation is 1. The predicted molar refractivity (Wildman–Crippen MR) is 76.3 cm³/mol. The van der Waals surface area contributed by atoms with E-state index in [0.29, 0.717) is 6.04 Å². The lowest BCUT2D eigenvalue weighted by atomic mass is 10.1. The minimum absolute atomic E-state index is 0.630. The van der Waals surface area contributed by atoms with Crippen LogP contribution in [0.1, 0.15) is 25.3 Å². The summed E-state index contributed by atoms with van der Waals surface area (Å²) in [6.45, 7) is 4.88. The Labute approximate surface area is 108 Å². The van der Waals surface area contributed by atoms with E-state index in [4.69, 9.17) is 4.74 Å². The highest BCUT2D eigenvalue weighted by molar-refractivity contribution is 7.99. The van der Waals surface area contributed by atoms with E-state index in [-0.39, 0.29) is 0 Å². The van der Waals surface area contributed by atoms with Crippen molar-refractivity contribution < 1.29 is 4.74 Å². The highest BCUT2D eigenvalue weighted by Crippen LogP contribution is 2.25. The number of rotatable bonds is 4. The van der Waals surface area contributed by atoms with Gasteiger partial charge in [-0.3, -0.25) is 0 Å². The number of hydrogen-bond acceptors (Lipinski definition) is 3. The number of thioether (sulfide) groups is 1. The van der Waals surface area contributed by atoms with Gasteiger partial charge in [0.25, 0.3) is 0 Å². The fraction of sp³-hybridized carbons (Fsp3) is 0.571. The maximum Gasteiger partial charge on any atom is 0.119 e. The largest absolute Gasteiger partial charge is 0.494 e. The Bertz CT molecular complexity index is 361. The molecule has 0 aliphatic carbocycles. The van der Waals surface area contributed by atoms with Crippen molar-refractivity contribution in [1.29, 1.82) is 0 Å². The fourth-order valence-corrected chi connectivity index (χ4v) is 3.20. The van der Waals surface area contributed by atoms with E-state index < -0.39 is 0 Å². The van der Waals surface area contributed by atoms with Crippen molar-refractivity contribution in [2.24, 2.45) is 0 Å². The third-order valence-electron chi connectivity index (χ3n) is 3.03. The molecule has 1 atom stereocenters. The molecule has 1 aliphatic rings. The minimum Gasteiger partial charge on any atom is -0.494 e. The molecule has 1 fully saturated rings. The molecule has 0 radical (unpaired) electrons. The first-order valence-electron chi connectivity index (χ1n) is 6.37. The zero-order valence-electron chi connectivity index (χ0n) is 10.7. The zero-order valence-corrected chi connectivity index (χ0v) is 11.5. The molecule has 1 aromatic carbocycles. The van der Waals surface area contributed by atoms with E-state index in [2.05, 4.69) is 42.2 Å². The maximum absolute atomic E-state index is 5.50. The third-order valence-corrected chi connectivity index (χ3v) is 4.24. The van der Waals surface area contributed by atoms with Crippen LogP contribution >= 0.6 is 11.8 Å². The average molecular weight is 251 g/mol. The summed E-state index contributed by atoms with van der Waals surface area (Å²) in [4.78, 5) is 0. The first-order valence-corrected chi connectivity index (χ1v) is 7.53. The zero-order chi connectivity index (χ0) is 12.1. The second-order valence-electron chi connectivity index (χ2n) is 4.47. The number of hydrogen-bond donors (Lipinski definition) is 1. The van der Waals surface area contributed by atoms with Gasteiger partial charge in [0.05, 0.1) is 6.61 Å². The molecule has 1 unspecified atom stereocenters. The first kappa shape index (κ1) is 12.6. The van der Waals surface area contributed by atoms with E-state index in [9.17, 15) is 0 Å².